The molecule has 6 heteroatoms. The average Bonchev–Trinajstić information content (AvgIpc) is 3.02. The highest BCUT2D eigenvalue weighted by Gasteiger charge is 2.44. The molecule has 4 rings (SSSR count). The van der Waals surface area contributed by atoms with Crippen LogP contribution in [0.15, 0.2) is 54.6 Å². The third-order valence-corrected chi connectivity index (χ3v) is 5.72. The van der Waals surface area contributed by atoms with E-state index in [1.54, 1.807) is 31.0 Å². The molecule has 0 N–H and O–H groups in total. The monoisotopic (exact) mass is 403 g/mol. The molecule has 0 saturated heterocycles. The minimum absolute atomic E-state index is 0.225. The van der Waals surface area contributed by atoms with Crippen LogP contribution in [0.2, 0.25) is 0 Å². The fourth-order valence-corrected chi connectivity index (χ4v) is 4.09. The molecular weight excluding hydrogens is 378 g/mol. The van der Waals surface area contributed by atoms with Gasteiger partial charge in [-0.05, 0) is 44.5 Å². The Morgan fingerprint density at radius 2 is 1.80 bits per heavy atom. The van der Waals surface area contributed by atoms with Crippen molar-refractivity contribution in [3.63, 3.8) is 0 Å². The highest BCUT2D eigenvalue weighted by Crippen LogP contribution is 2.30. The van der Waals surface area contributed by atoms with Crippen molar-refractivity contribution in [1.29, 1.82) is 0 Å². The van der Waals surface area contributed by atoms with E-state index >= 15 is 0 Å². The van der Waals surface area contributed by atoms with Gasteiger partial charge in [0.1, 0.15) is 0 Å². The first kappa shape index (κ1) is 19.9. The Morgan fingerprint density at radius 3 is 2.53 bits per heavy atom. The summed E-state index contributed by atoms with van der Waals surface area (Å²) in [7, 11) is 1.74. The number of carbonyl (C=O) groups excluding carboxylic acids is 2. The molecule has 0 radical (unpaired) electrons. The lowest BCUT2D eigenvalue weighted by atomic mass is 9.89. The van der Waals surface area contributed by atoms with Crippen LogP contribution in [0.1, 0.15) is 39.8 Å². The zero-order valence-corrected chi connectivity index (χ0v) is 17.7. The summed E-state index contributed by atoms with van der Waals surface area (Å²) in [5.74, 6) is -0.679. The van der Waals surface area contributed by atoms with Gasteiger partial charge < -0.3 is 9.64 Å². The van der Waals surface area contributed by atoms with Crippen molar-refractivity contribution in [2.45, 2.75) is 39.3 Å². The molecule has 3 aromatic rings. The predicted molar refractivity (Wildman–Crippen MR) is 113 cm³/mol. The first-order valence-corrected chi connectivity index (χ1v) is 9.97. The van der Waals surface area contributed by atoms with Crippen molar-refractivity contribution in [3.8, 4) is 5.69 Å². The highest BCUT2D eigenvalue weighted by molar-refractivity contribution is 5.97. The van der Waals surface area contributed by atoms with Crippen molar-refractivity contribution in [3.05, 3.63) is 82.7 Å². The molecule has 1 aliphatic heterocycles. The van der Waals surface area contributed by atoms with E-state index in [4.69, 9.17) is 4.74 Å². The van der Waals surface area contributed by atoms with Gasteiger partial charge in [0.25, 0.3) is 5.91 Å². The number of aryl methyl sites for hydroxylation is 1. The summed E-state index contributed by atoms with van der Waals surface area (Å²) < 4.78 is 7.50. The number of carbonyl (C=O) groups is 2. The second kappa shape index (κ2) is 7.44. The van der Waals surface area contributed by atoms with Gasteiger partial charge in [0.2, 0.25) is 0 Å². The van der Waals surface area contributed by atoms with Crippen LogP contribution >= 0.6 is 0 Å². The molecule has 1 aromatic heterocycles. The fraction of sp³-hybridized carbons (Fsp3) is 0.292. The summed E-state index contributed by atoms with van der Waals surface area (Å²) >= 11 is 0. The van der Waals surface area contributed by atoms with Crippen LogP contribution in [0, 0.1) is 13.8 Å². The van der Waals surface area contributed by atoms with Gasteiger partial charge >= 0.3 is 5.97 Å². The molecule has 1 atom stereocenters. The van der Waals surface area contributed by atoms with Gasteiger partial charge in [0.05, 0.1) is 16.9 Å². The van der Waals surface area contributed by atoms with Crippen LogP contribution in [-0.2, 0) is 22.5 Å². The Labute approximate surface area is 176 Å². The summed E-state index contributed by atoms with van der Waals surface area (Å²) in [6.45, 7) is 6.02. The molecule has 1 aliphatic rings. The number of aromatic nitrogens is 2. The van der Waals surface area contributed by atoms with Crippen LogP contribution in [0.3, 0.4) is 0 Å². The van der Waals surface area contributed by atoms with Gasteiger partial charge in [0.15, 0.2) is 5.60 Å². The zero-order valence-electron chi connectivity index (χ0n) is 17.7. The van der Waals surface area contributed by atoms with Crippen LogP contribution in [0.4, 0.5) is 0 Å². The molecule has 2 heterocycles. The van der Waals surface area contributed by atoms with E-state index in [9.17, 15) is 9.59 Å². The SMILES string of the molecule is Cc1nn(-c2ccccc2)c(C)c1CN(C)C(=O)C1(C)Cc2ccccc2C(=O)O1. The number of likely N-dealkylation sites (N-methyl/N-ethyl adjacent to an activating group) is 1. The van der Waals surface area contributed by atoms with E-state index in [-0.39, 0.29) is 5.91 Å². The van der Waals surface area contributed by atoms with Gasteiger partial charge in [0, 0.05) is 31.3 Å². The van der Waals surface area contributed by atoms with Gasteiger partial charge in [-0.15, -0.1) is 0 Å². The largest absolute Gasteiger partial charge is 0.445 e. The minimum atomic E-state index is -1.22. The van der Waals surface area contributed by atoms with Crippen LogP contribution < -0.4 is 0 Å². The maximum Gasteiger partial charge on any atom is 0.339 e. The summed E-state index contributed by atoms with van der Waals surface area (Å²) in [6.07, 6.45) is 0.360. The number of fused-ring (bicyclic) bond motifs is 1. The molecule has 0 bridgehead atoms. The Kier molecular flexibility index (Phi) is 4.94. The predicted octanol–water partition coefficient (Wildman–Crippen LogP) is 3.62. The van der Waals surface area contributed by atoms with E-state index in [0.29, 0.717) is 18.5 Å². The summed E-state index contributed by atoms with van der Waals surface area (Å²) in [4.78, 5) is 27.4. The Hall–Kier alpha value is -3.41. The number of para-hydroxylation sites is 1. The third-order valence-electron chi connectivity index (χ3n) is 5.72. The number of cyclic esters (lactones) is 1. The van der Waals surface area contributed by atoms with Crippen LogP contribution in [-0.4, -0.2) is 39.2 Å². The van der Waals surface area contributed by atoms with Crippen molar-refractivity contribution in [2.75, 3.05) is 7.05 Å². The number of amides is 1. The van der Waals surface area contributed by atoms with Crippen LogP contribution in [0.25, 0.3) is 5.69 Å². The van der Waals surface area contributed by atoms with E-state index in [1.165, 1.54) is 0 Å². The molecule has 30 heavy (non-hydrogen) atoms. The molecule has 0 fully saturated rings. The quantitative estimate of drug-likeness (QED) is 0.624. The van der Waals surface area contributed by atoms with Gasteiger partial charge in [-0.2, -0.15) is 5.10 Å². The second-order valence-electron chi connectivity index (χ2n) is 8.01. The normalized spacial score (nSPS) is 17.9. The number of benzene rings is 2. The highest BCUT2D eigenvalue weighted by atomic mass is 16.6. The molecule has 1 amide bonds. The van der Waals surface area contributed by atoms with Crippen molar-refractivity contribution >= 4 is 11.9 Å². The van der Waals surface area contributed by atoms with Gasteiger partial charge in [-0.3, -0.25) is 4.79 Å². The number of hydrogen-bond donors (Lipinski definition) is 0. The minimum Gasteiger partial charge on any atom is -0.445 e. The number of esters is 1. The van der Waals surface area contributed by atoms with Crippen molar-refractivity contribution in [2.24, 2.45) is 0 Å². The standard InChI is InChI=1S/C24H25N3O3/c1-16-21(17(2)27(25-16)19-11-6-5-7-12-19)15-26(4)23(29)24(3)14-18-10-8-9-13-20(18)22(28)30-24/h5-13H,14-15H2,1-4H3. The Bertz CT molecular complexity index is 1120. The number of hydrogen-bond acceptors (Lipinski definition) is 4. The van der Waals surface area contributed by atoms with Gasteiger partial charge in [-0.1, -0.05) is 36.4 Å². The Balaban J connectivity index is 1.58. The molecule has 2 aromatic carbocycles. The lowest BCUT2D eigenvalue weighted by Crippen LogP contribution is -2.52. The first-order chi connectivity index (χ1) is 14.3. The molecule has 1 unspecified atom stereocenters. The van der Waals surface area contributed by atoms with E-state index in [1.807, 2.05) is 61.0 Å². The Morgan fingerprint density at radius 1 is 1.13 bits per heavy atom. The molecule has 154 valence electrons. The van der Waals surface area contributed by atoms with E-state index in [2.05, 4.69) is 5.10 Å². The lowest BCUT2D eigenvalue weighted by Gasteiger charge is -2.36. The fourth-order valence-electron chi connectivity index (χ4n) is 4.09. The third kappa shape index (κ3) is 3.38. The van der Waals surface area contributed by atoms with E-state index < -0.39 is 11.6 Å². The molecule has 0 spiro atoms. The van der Waals surface area contributed by atoms with Crippen molar-refractivity contribution in [1.82, 2.24) is 14.7 Å². The first-order valence-electron chi connectivity index (χ1n) is 9.97. The maximum absolute atomic E-state index is 13.3. The molecule has 6 nitrogen and oxygen atoms in total. The molecular formula is C24H25N3O3. The lowest BCUT2D eigenvalue weighted by molar-refractivity contribution is -0.150. The maximum atomic E-state index is 13.3. The van der Waals surface area contributed by atoms with Crippen LogP contribution in [0.5, 0.6) is 0 Å². The summed E-state index contributed by atoms with van der Waals surface area (Å²) in [5, 5.41) is 4.66. The van der Waals surface area contributed by atoms with Gasteiger partial charge in [-0.25, -0.2) is 9.48 Å². The second-order valence-corrected chi connectivity index (χ2v) is 8.01. The smallest absolute Gasteiger partial charge is 0.339 e. The number of nitrogens with zero attached hydrogens (tertiary/aromatic N) is 3. The van der Waals surface area contributed by atoms with Crippen molar-refractivity contribution < 1.29 is 14.3 Å². The van der Waals surface area contributed by atoms with E-state index in [0.717, 1.165) is 28.2 Å². The zero-order chi connectivity index (χ0) is 21.5. The number of ether oxygens (including phenoxy) is 1. The summed E-state index contributed by atoms with van der Waals surface area (Å²) in [5.41, 5.74) is 3.95. The average molecular weight is 403 g/mol. The molecule has 0 saturated carbocycles. The topological polar surface area (TPSA) is 64.4 Å². The molecule has 0 aliphatic carbocycles. The number of rotatable bonds is 4. The summed E-state index contributed by atoms with van der Waals surface area (Å²) in [6, 6.07) is 17.2.